The van der Waals surface area contributed by atoms with Crippen LogP contribution in [0.1, 0.15) is 44.9 Å². The highest BCUT2D eigenvalue weighted by Gasteiger charge is 2.48. The molecule has 1 saturated heterocycles. The van der Waals surface area contributed by atoms with Crippen LogP contribution in [0.25, 0.3) is 0 Å². The maximum Gasteiger partial charge on any atom is 0.340 e. The topological polar surface area (TPSA) is 47.9 Å². The average molecular weight is 223 g/mol. The summed E-state index contributed by atoms with van der Waals surface area (Å²) in [6.45, 7) is 0.758. The molecule has 1 aliphatic carbocycles. The molecule has 1 saturated carbocycles. The second kappa shape index (κ2) is 3.84. The number of hydrogen-bond acceptors (Lipinski definition) is 4. The van der Waals surface area contributed by atoms with E-state index >= 15 is 0 Å². The largest absolute Gasteiger partial charge is 0.407 e. The highest BCUT2D eigenvalue weighted by Crippen LogP contribution is 2.37. The van der Waals surface area contributed by atoms with Crippen molar-refractivity contribution in [2.75, 3.05) is 6.61 Å². The quantitative estimate of drug-likeness (QED) is 0.637. The van der Waals surface area contributed by atoms with E-state index in [2.05, 4.69) is 4.99 Å². The van der Waals surface area contributed by atoms with Crippen LogP contribution in [0.5, 0.6) is 0 Å². The van der Waals surface area contributed by atoms with Crippen molar-refractivity contribution in [1.29, 1.82) is 0 Å². The van der Waals surface area contributed by atoms with Gasteiger partial charge in [0.25, 0.3) is 0 Å². The van der Waals surface area contributed by atoms with Gasteiger partial charge >= 0.3 is 5.97 Å². The molecule has 1 atom stereocenters. The van der Waals surface area contributed by atoms with Crippen LogP contribution in [-0.2, 0) is 14.3 Å². The summed E-state index contributed by atoms with van der Waals surface area (Å²) in [5.74, 6) is 0.405. The van der Waals surface area contributed by atoms with E-state index in [1.54, 1.807) is 0 Å². The summed E-state index contributed by atoms with van der Waals surface area (Å²) in [4.78, 5) is 16.5. The number of aliphatic imine (C=N–C) groups is 1. The summed E-state index contributed by atoms with van der Waals surface area (Å²) in [6, 6.07) is 0. The first-order chi connectivity index (χ1) is 7.80. The molecule has 3 rings (SSSR count). The Hall–Kier alpha value is -0.900. The smallest absolute Gasteiger partial charge is 0.340 e. The molecule has 0 bridgehead atoms. The Kier molecular flexibility index (Phi) is 2.46. The maximum atomic E-state index is 11.9. The van der Waals surface area contributed by atoms with E-state index in [4.69, 9.17) is 9.47 Å². The van der Waals surface area contributed by atoms with Crippen LogP contribution in [0.4, 0.5) is 0 Å². The van der Waals surface area contributed by atoms with Crippen LogP contribution in [0.15, 0.2) is 4.99 Å². The zero-order valence-corrected chi connectivity index (χ0v) is 9.41. The van der Waals surface area contributed by atoms with Gasteiger partial charge in [0.05, 0.1) is 0 Å². The molecule has 2 aliphatic heterocycles. The predicted octanol–water partition coefficient (Wildman–Crippen LogP) is 1.82. The van der Waals surface area contributed by atoms with Gasteiger partial charge in [-0.2, -0.15) is 0 Å². The van der Waals surface area contributed by atoms with E-state index in [-0.39, 0.29) is 12.1 Å². The van der Waals surface area contributed by atoms with Gasteiger partial charge in [-0.3, -0.25) is 0 Å². The monoisotopic (exact) mass is 223 g/mol. The third-order valence-corrected chi connectivity index (χ3v) is 3.79. The van der Waals surface area contributed by atoms with Gasteiger partial charge in [-0.25, -0.2) is 9.79 Å². The van der Waals surface area contributed by atoms with Crippen LogP contribution in [0.3, 0.4) is 0 Å². The van der Waals surface area contributed by atoms with Gasteiger partial charge in [0.2, 0.25) is 5.90 Å². The number of nitrogens with zero attached hydrogens (tertiary/aromatic N) is 1. The lowest BCUT2D eigenvalue weighted by Crippen LogP contribution is -2.35. The standard InChI is InChI=1S/C12H17NO3/c14-11-12(6-2-1-3-7-12)13-10(16-11)9-5-4-8-15-9/h9H,1-8H2/t9-/m0/s1. The number of esters is 1. The number of hydrogen-bond donors (Lipinski definition) is 0. The normalized spacial score (nSPS) is 32.9. The SMILES string of the molecule is O=C1OC([C@@H]2CCCO2)=NC12CCCCC2. The molecule has 0 N–H and O–H groups in total. The number of ether oxygens (including phenoxy) is 2. The van der Waals surface area contributed by atoms with Crippen molar-refractivity contribution in [3.63, 3.8) is 0 Å². The second-order valence-electron chi connectivity index (χ2n) is 4.93. The molecule has 0 radical (unpaired) electrons. The molecule has 1 spiro atoms. The van der Waals surface area contributed by atoms with Crippen molar-refractivity contribution in [3.8, 4) is 0 Å². The van der Waals surface area contributed by atoms with Gasteiger partial charge in [0, 0.05) is 6.61 Å². The first kappa shape index (κ1) is 10.3. The van der Waals surface area contributed by atoms with E-state index in [1.165, 1.54) is 6.42 Å². The first-order valence-electron chi connectivity index (χ1n) is 6.24. The van der Waals surface area contributed by atoms with E-state index in [0.29, 0.717) is 5.90 Å². The Morgan fingerprint density at radius 3 is 2.69 bits per heavy atom. The summed E-state index contributed by atoms with van der Waals surface area (Å²) < 4.78 is 10.8. The van der Waals surface area contributed by atoms with Crippen LogP contribution < -0.4 is 0 Å². The molecule has 4 heteroatoms. The van der Waals surface area contributed by atoms with Crippen LogP contribution in [0.2, 0.25) is 0 Å². The first-order valence-corrected chi connectivity index (χ1v) is 6.24. The fourth-order valence-corrected chi connectivity index (χ4v) is 2.83. The minimum atomic E-state index is -0.542. The Morgan fingerprint density at radius 2 is 2.00 bits per heavy atom. The lowest BCUT2D eigenvalue weighted by atomic mass is 9.83. The summed E-state index contributed by atoms with van der Waals surface area (Å²) >= 11 is 0. The van der Waals surface area contributed by atoms with Gasteiger partial charge in [0.15, 0.2) is 5.54 Å². The molecular formula is C12H17NO3. The molecule has 16 heavy (non-hydrogen) atoms. The molecule has 0 unspecified atom stereocenters. The van der Waals surface area contributed by atoms with Crippen molar-refractivity contribution in [1.82, 2.24) is 0 Å². The van der Waals surface area contributed by atoms with E-state index in [9.17, 15) is 4.79 Å². The Labute approximate surface area is 95.0 Å². The number of carbonyl (C=O) groups excluding carboxylic acids is 1. The Balaban J connectivity index is 1.81. The molecule has 0 aromatic heterocycles. The molecular weight excluding hydrogens is 206 g/mol. The third kappa shape index (κ3) is 1.56. The van der Waals surface area contributed by atoms with Crippen molar-refractivity contribution in [2.45, 2.75) is 56.6 Å². The summed E-state index contributed by atoms with van der Waals surface area (Å²) in [7, 11) is 0. The number of carbonyl (C=O) groups is 1. The van der Waals surface area contributed by atoms with Crippen LogP contribution in [-0.4, -0.2) is 30.1 Å². The number of cyclic esters (lactones) is 1. The van der Waals surface area contributed by atoms with Crippen molar-refractivity contribution in [2.24, 2.45) is 4.99 Å². The highest BCUT2D eigenvalue weighted by atomic mass is 16.6. The lowest BCUT2D eigenvalue weighted by Gasteiger charge is -2.25. The van der Waals surface area contributed by atoms with Crippen LogP contribution in [0, 0.1) is 0 Å². The van der Waals surface area contributed by atoms with Crippen molar-refractivity contribution in [3.05, 3.63) is 0 Å². The molecule has 0 amide bonds. The highest BCUT2D eigenvalue weighted by molar-refractivity contribution is 6.01. The average Bonchev–Trinajstić information content (AvgIpc) is 2.90. The van der Waals surface area contributed by atoms with E-state index in [0.717, 1.165) is 45.1 Å². The van der Waals surface area contributed by atoms with Crippen LogP contribution >= 0.6 is 0 Å². The van der Waals surface area contributed by atoms with Gasteiger partial charge in [-0.15, -0.1) is 0 Å². The van der Waals surface area contributed by atoms with Gasteiger partial charge in [-0.05, 0) is 25.7 Å². The molecule has 2 heterocycles. The Bertz CT molecular complexity index is 325. The summed E-state index contributed by atoms with van der Waals surface area (Å²) in [5.41, 5.74) is -0.542. The Morgan fingerprint density at radius 1 is 1.19 bits per heavy atom. The van der Waals surface area contributed by atoms with Crippen molar-refractivity contribution >= 4 is 11.9 Å². The van der Waals surface area contributed by atoms with Gasteiger partial charge in [0.1, 0.15) is 6.10 Å². The van der Waals surface area contributed by atoms with E-state index < -0.39 is 5.54 Å². The number of rotatable bonds is 1. The molecule has 0 aromatic carbocycles. The second-order valence-corrected chi connectivity index (χ2v) is 4.93. The fraction of sp³-hybridized carbons (Fsp3) is 0.833. The molecule has 0 aromatic rings. The fourth-order valence-electron chi connectivity index (χ4n) is 2.83. The summed E-state index contributed by atoms with van der Waals surface area (Å²) in [5, 5.41) is 0. The van der Waals surface area contributed by atoms with E-state index in [1.807, 2.05) is 0 Å². The lowest BCUT2D eigenvalue weighted by molar-refractivity contribution is -0.140. The van der Waals surface area contributed by atoms with Gasteiger partial charge < -0.3 is 9.47 Å². The van der Waals surface area contributed by atoms with Gasteiger partial charge in [-0.1, -0.05) is 19.3 Å². The zero-order chi connectivity index (χ0) is 11.0. The summed E-state index contributed by atoms with van der Waals surface area (Å²) in [6.07, 6.45) is 6.97. The minimum absolute atomic E-state index is 0.0646. The van der Waals surface area contributed by atoms with Crippen molar-refractivity contribution < 1.29 is 14.3 Å². The molecule has 88 valence electrons. The zero-order valence-electron chi connectivity index (χ0n) is 9.41. The third-order valence-electron chi connectivity index (χ3n) is 3.79. The maximum absolute atomic E-state index is 11.9. The molecule has 4 nitrogen and oxygen atoms in total. The molecule has 3 aliphatic rings. The molecule has 2 fully saturated rings. The predicted molar refractivity (Wildman–Crippen MR) is 58.3 cm³/mol. The minimum Gasteiger partial charge on any atom is -0.407 e.